The van der Waals surface area contributed by atoms with Crippen molar-refractivity contribution in [2.45, 2.75) is 25.2 Å². The summed E-state index contributed by atoms with van der Waals surface area (Å²) in [6, 6.07) is 1.31. The molecule has 0 bridgehead atoms. The van der Waals surface area contributed by atoms with Crippen LogP contribution in [0.25, 0.3) is 11.0 Å². The van der Waals surface area contributed by atoms with Gasteiger partial charge in [-0.25, -0.2) is 18.2 Å². The molecule has 0 aliphatic carbocycles. The number of amides is 1. The van der Waals surface area contributed by atoms with Crippen molar-refractivity contribution in [1.82, 2.24) is 14.9 Å². The van der Waals surface area contributed by atoms with Crippen molar-refractivity contribution in [2.75, 3.05) is 25.0 Å². The van der Waals surface area contributed by atoms with Crippen LogP contribution in [0.1, 0.15) is 6.42 Å². The van der Waals surface area contributed by atoms with Crippen LogP contribution >= 0.6 is 0 Å². The predicted octanol–water partition coefficient (Wildman–Crippen LogP) is 0.936. The zero-order chi connectivity index (χ0) is 17.4. The maximum Gasteiger partial charge on any atom is 0.239 e. The summed E-state index contributed by atoms with van der Waals surface area (Å²) in [4.78, 5) is 17.8. The number of nitrogens with one attached hydrogen (secondary N) is 1. The number of benzene rings is 1. The summed E-state index contributed by atoms with van der Waals surface area (Å²) in [5, 5.41) is 2.48. The van der Waals surface area contributed by atoms with E-state index in [1.807, 2.05) is 0 Å². The van der Waals surface area contributed by atoms with Crippen molar-refractivity contribution in [2.24, 2.45) is 5.73 Å². The van der Waals surface area contributed by atoms with Crippen LogP contribution in [0.2, 0.25) is 0 Å². The number of anilines is 1. The molecule has 6 nitrogen and oxygen atoms in total. The van der Waals surface area contributed by atoms with E-state index in [2.05, 4.69) is 10.3 Å². The Morgan fingerprint density at radius 1 is 1.42 bits per heavy atom. The molecule has 24 heavy (non-hydrogen) atoms. The van der Waals surface area contributed by atoms with Crippen molar-refractivity contribution in [3.05, 3.63) is 23.8 Å². The van der Waals surface area contributed by atoms with Crippen LogP contribution in [0.3, 0.4) is 0 Å². The molecule has 1 saturated heterocycles. The third-order valence-corrected chi connectivity index (χ3v) is 4.20. The standard InChI is InChI=1S/C15H18F3N5O/c1-20-14(24)7-23-13-5-10(18)9(17)4-12(13)21-15(23)22-3-2-8(16)11(19)6-22/h4-5,8,11H,2-3,6-7,19H2,1H3,(H,20,24)/t8-,11-/m1/s1. The second-order valence-corrected chi connectivity index (χ2v) is 5.84. The zero-order valence-electron chi connectivity index (χ0n) is 13.1. The Bertz CT molecular complexity index is 778. The predicted molar refractivity (Wildman–Crippen MR) is 83.4 cm³/mol. The molecule has 1 aliphatic rings. The lowest BCUT2D eigenvalue weighted by Gasteiger charge is -2.34. The summed E-state index contributed by atoms with van der Waals surface area (Å²) in [5.41, 5.74) is 6.29. The number of hydrogen-bond donors (Lipinski definition) is 2. The highest BCUT2D eigenvalue weighted by molar-refractivity contribution is 5.83. The van der Waals surface area contributed by atoms with E-state index in [9.17, 15) is 18.0 Å². The Morgan fingerprint density at radius 2 is 2.12 bits per heavy atom. The van der Waals surface area contributed by atoms with Crippen LogP contribution in [-0.4, -0.2) is 47.8 Å². The number of imidazole rings is 1. The number of piperidine rings is 1. The Labute approximate surface area is 136 Å². The van der Waals surface area contributed by atoms with E-state index in [4.69, 9.17) is 5.73 Å². The normalized spacial score (nSPS) is 21.3. The van der Waals surface area contributed by atoms with Gasteiger partial charge in [-0.1, -0.05) is 0 Å². The number of fused-ring (bicyclic) bond motifs is 1. The minimum atomic E-state index is -1.10. The van der Waals surface area contributed by atoms with E-state index >= 15 is 0 Å². The van der Waals surface area contributed by atoms with E-state index in [1.54, 1.807) is 4.90 Å². The summed E-state index contributed by atoms with van der Waals surface area (Å²) >= 11 is 0. The molecule has 0 spiro atoms. The number of carbonyl (C=O) groups is 1. The molecule has 1 aromatic carbocycles. The van der Waals surface area contributed by atoms with Crippen LogP contribution in [-0.2, 0) is 11.3 Å². The molecule has 9 heteroatoms. The number of rotatable bonds is 3. The maximum absolute atomic E-state index is 13.6. The van der Waals surface area contributed by atoms with E-state index in [1.165, 1.54) is 11.6 Å². The van der Waals surface area contributed by atoms with Gasteiger partial charge in [-0.15, -0.1) is 0 Å². The second kappa shape index (κ2) is 6.31. The molecule has 2 aromatic rings. The van der Waals surface area contributed by atoms with Crippen molar-refractivity contribution >= 4 is 22.9 Å². The van der Waals surface area contributed by atoms with Gasteiger partial charge in [0.2, 0.25) is 11.9 Å². The molecule has 1 aromatic heterocycles. The Hall–Kier alpha value is -2.29. The number of nitrogens with zero attached hydrogens (tertiary/aromatic N) is 3. The number of aromatic nitrogens is 2. The van der Waals surface area contributed by atoms with Crippen molar-refractivity contribution in [1.29, 1.82) is 0 Å². The summed E-state index contributed by atoms with van der Waals surface area (Å²) in [6.07, 6.45) is -0.875. The summed E-state index contributed by atoms with van der Waals surface area (Å²) in [5.74, 6) is -2.00. The number of nitrogens with two attached hydrogens (primary N) is 1. The van der Waals surface area contributed by atoms with E-state index < -0.39 is 23.8 Å². The quantitative estimate of drug-likeness (QED) is 0.871. The lowest BCUT2D eigenvalue weighted by Crippen LogP contribution is -2.50. The van der Waals surface area contributed by atoms with Gasteiger partial charge in [0, 0.05) is 32.3 Å². The van der Waals surface area contributed by atoms with E-state index in [0.29, 0.717) is 18.0 Å². The van der Waals surface area contributed by atoms with Crippen LogP contribution in [0.15, 0.2) is 12.1 Å². The Morgan fingerprint density at radius 3 is 2.79 bits per heavy atom. The molecule has 3 N–H and O–H groups in total. The minimum absolute atomic E-state index is 0.113. The molecule has 3 rings (SSSR count). The van der Waals surface area contributed by atoms with Crippen molar-refractivity contribution in [3.63, 3.8) is 0 Å². The molecular formula is C15H18F3N5O. The van der Waals surface area contributed by atoms with Gasteiger partial charge in [-0.2, -0.15) is 0 Å². The van der Waals surface area contributed by atoms with Gasteiger partial charge in [-0.05, 0) is 6.42 Å². The number of halogens is 3. The van der Waals surface area contributed by atoms with Crippen molar-refractivity contribution in [3.8, 4) is 0 Å². The number of likely N-dealkylation sites (N-methyl/N-ethyl adjacent to an activating group) is 1. The summed E-state index contributed by atoms with van der Waals surface area (Å²) in [7, 11) is 1.48. The number of alkyl halides is 1. The molecule has 1 fully saturated rings. The second-order valence-electron chi connectivity index (χ2n) is 5.84. The first-order chi connectivity index (χ1) is 11.4. The summed E-state index contributed by atoms with van der Waals surface area (Å²) in [6.45, 7) is 0.457. The first-order valence-electron chi connectivity index (χ1n) is 7.61. The third kappa shape index (κ3) is 2.91. The van der Waals surface area contributed by atoms with Crippen LogP contribution in [0.5, 0.6) is 0 Å². The number of hydrogen-bond acceptors (Lipinski definition) is 4. The lowest BCUT2D eigenvalue weighted by molar-refractivity contribution is -0.121. The summed E-state index contributed by atoms with van der Waals surface area (Å²) < 4.78 is 42.2. The van der Waals surface area contributed by atoms with Crippen LogP contribution < -0.4 is 16.0 Å². The maximum atomic E-state index is 13.6. The highest BCUT2D eigenvalue weighted by Gasteiger charge is 2.29. The fourth-order valence-corrected chi connectivity index (χ4v) is 2.86. The third-order valence-electron chi connectivity index (χ3n) is 4.20. The smallest absolute Gasteiger partial charge is 0.239 e. The fraction of sp³-hybridized carbons (Fsp3) is 0.467. The average Bonchev–Trinajstić information content (AvgIpc) is 2.88. The van der Waals surface area contributed by atoms with Crippen LogP contribution in [0.4, 0.5) is 19.1 Å². The molecule has 2 heterocycles. The van der Waals surface area contributed by atoms with Crippen LogP contribution in [0, 0.1) is 11.6 Å². The SMILES string of the molecule is CNC(=O)Cn1c(N2CC[C@@H](F)[C@H](N)C2)nc2cc(F)c(F)cc21. The average molecular weight is 341 g/mol. The van der Waals surface area contributed by atoms with Gasteiger partial charge in [0.1, 0.15) is 12.7 Å². The number of carbonyl (C=O) groups excluding carboxylic acids is 1. The highest BCUT2D eigenvalue weighted by Crippen LogP contribution is 2.27. The molecule has 1 aliphatic heterocycles. The van der Waals surface area contributed by atoms with Gasteiger partial charge in [-0.3, -0.25) is 4.79 Å². The highest BCUT2D eigenvalue weighted by atomic mass is 19.2. The molecule has 0 saturated carbocycles. The van der Waals surface area contributed by atoms with Gasteiger partial charge in [0.15, 0.2) is 11.6 Å². The van der Waals surface area contributed by atoms with Crippen molar-refractivity contribution < 1.29 is 18.0 Å². The molecule has 130 valence electrons. The van der Waals surface area contributed by atoms with Gasteiger partial charge >= 0.3 is 0 Å². The first-order valence-corrected chi connectivity index (χ1v) is 7.61. The largest absolute Gasteiger partial charge is 0.358 e. The zero-order valence-corrected chi connectivity index (χ0v) is 13.1. The van der Waals surface area contributed by atoms with Gasteiger partial charge in [0.05, 0.1) is 17.1 Å². The van der Waals surface area contributed by atoms with Gasteiger partial charge < -0.3 is 20.5 Å². The molecule has 2 atom stereocenters. The molecular weight excluding hydrogens is 323 g/mol. The molecule has 0 radical (unpaired) electrons. The minimum Gasteiger partial charge on any atom is -0.358 e. The van der Waals surface area contributed by atoms with E-state index in [0.717, 1.165) is 12.1 Å². The first kappa shape index (κ1) is 16.6. The molecule has 0 unspecified atom stereocenters. The monoisotopic (exact) mass is 341 g/mol. The molecule has 1 amide bonds. The Kier molecular flexibility index (Phi) is 4.35. The lowest BCUT2D eigenvalue weighted by atomic mass is 10.1. The van der Waals surface area contributed by atoms with Gasteiger partial charge in [0.25, 0.3) is 0 Å². The van der Waals surface area contributed by atoms with E-state index in [-0.39, 0.29) is 30.9 Å². The fourth-order valence-electron chi connectivity index (χ4n) is 2.86. The Balaban J connectivity index is 2.08. The topological polar surface area (TPSA) is 76.2 Å².